The number of hydrogen-bond donors (Lipinski definition) is 2. The molecule has 1 atom stereocenters. The number of amides is 1. The maximum Gasteiger partial charge on any atom is 0.338 e. The Hall–Kier alpha value is -3.64. The number of benzene rings is 3. The van der Waals surface area contributed by atoms with E-state index in [2.05, 4.69) is 15.3 Å². The van der Waals surface area contributed by atoms with Crippen molar-refractivity contribution >= 4 is 40.2 Å². The molecular formula is C23H18ClN3O3. The zero-order valence-corrected chi connectivity index (χ0v) is 16.8. The molecule has 0 aliphatic rings. The van der Waals surface area contributed by atoms with Gasteiger partial charge in [0.1, 0.15) is 5.82 Å². The second kappa shape index (κ2) is 8.39. The van der Waals surface area contributed by atoms with E-state index in [1.807, 2.05) is 30.3 Å². The molecule has 0 bridgehead atoms. The number of aromatic amines is 1. The highest BCUT2D eigenvalue weighted by molar-refractivity contribution is 6.30. The van der Waals surface area contributed by atoms with Crippen LogP contribution in [0.3, 0.4) is 0 Å². The summed E-state index contributed by atoms with van der Waals surface area (Å²) in [6.45, 7) is 1.51. The van der Waals surface area contributed by atoms with Crippen molar-refractivity contribution in [1.29, 1.82) is 0 Å². The SMILES string of the molecule is CC(OC(=O)c1ccc2nc(-c3ccccc3)[nH]c2c1)C(=O)Nc1cccc(Cl)c1. The van der Waals surface area contributed by atoms with E-state index in [1.54, 1.807) is 42.5 Å². The quantitative estimate of drug-likeness (QED) is 0.442. The number of imidazole rings is 1. The van der Waals surface area contributed by atoms with Gasteiger partial charge >= 0.3 is 5.97 Å². The van der Waals surface area contributed by atoms with Gasteiger partial charge in [0.15, 0.2) is 6.10 Å². The van der Waals surface area contributed by atoms with Gasteiger partial charge in [0.05, 0.1) is 16.6 Å². The standard InChI is InChI=1S/C23H18ClN3O3/c1-14(22(28)25-18-9-5-8-17(24)13-18)30-23(29)16-10-11-19-20(12-16)27-21(26-19)15-6-3-2-4-7-15/h2-14H,1H3,(H,25,28)(H,26,27). The highest BCUT2D eigenvalue weighted by atomic mass is 35.5. The average molecular weight is 420 g/mol. The van der Waals surface area contributed by atoms with Crippen molar-refractivity contribution in [2.75, 3.05) is 5.32 Å². The van der Waals surface area contributed by atoms with Gasteiger partial charge in [-0.25, -0.2) is 9.78 Å². The first-order valence-electron chi connectivity index (χ1n) is 9.32. The Morgan fingerprint density at radius 2 is 1.83 bits per heavy atom. The Kier molecular flexibility index (Phi) is 5.50. The Labute approximate surface area is 177 Å². The number of H-pyrrole nitrogens is 1. The molecular weight excluding hydrogens is 402 g/mol. The molecule has 7 heteroatoms. The Balaban J connectivity index is 1.46. The van der Waals surface area contributed by atoms with E-state index in [9.17, 15) is 9.59 Å². The third-order valence-electron chi connectivity index (χ3n) is 4.51. The van der Waals surface area contributed by atoms with Crippen LogP contribution in [0.15, 0.2) is 72.8 Å². The van der Waals surface area contributed by atoms with Crippen molar-refractivity contribution in [3.63, 3.8) is 0 Å². The molecule has 0 aliphatic heterocycles. The minimum absolute atomic E-state index is 0.327. The number of rotatable bonds is 5. The molecule has 0 saturated heterocycles. The van der Waals surface area contributed by atoms with Crippen molar-refractivity contribution in [2.24, 2.45) is 0 Å². The van der Waals surface area contributed by atoms with Gasteiger partial charge in [-0.2, -0.15) is 0 Å². The molecule has 1 amide bonds. The number of hydrogen-bond acceptors (Lipinski definition) is 4. The van der Waals surface area contributed by atoms with E-state index in [1.165, 1.54) is 6.92 Å². The molecule has 2 N–H and O–H groups in total. The summed E-state index contributed by atoms with van der Waals surface area (Å²) in [5.74, 6) is -0.327. The molecule has 1 aromatic heterocycles. The molecule has 6 nitrogen and oxygen atoms in total. The van der Waals surface area contributed by atoms with Gasteiger partial charge in [-0.05, 0) is 43.3 Å². The molecule has 1 unspecified atom stereocenters. The number of halogens is 1. The predicted molar refractivity (Wildman–Crippen MR) is 116 cm³/mol. The maximum atomic E-state index is 12.5. The first-order chi connectivity index (χ1) is 14.5. The first-order valence-corrected chi connectivity index (χ1v) is 9.70. The topological polar surface area (TPSA) is 84.1 Å². The number of nitrogens with zero attached hydrogens (tertiary/aromatic N) is 1. The minimum atomic E-state index is -0.978. The van der Waals surface area contributed by atoms with Crippen LogP contribution >= 0.6 is 11.6 Å². The molecule has 0 radical (unpaired) electrons. The molecule has 4 rings (SSSR count). The van der Waals surface area contributed by atoms with Crippen molar-refractivity contribution in [2.45, 2.75) is 13.0 Å². The Bertz CT molecular complexity index is 1220. The Morgan fingerprint density at radius 3 is 2.60 bits per heavy atom. The second-order valence-electron chi connectivity index (χ2n) is 6.73. The zero-order valence-electron chi connectivity index (χ0n) is 16.1. The summed E-state index contributed by atoms with van der Waals surface area (Å²) in [6.07, 6.45) is -0.978. The number of anilines is 1. The van der Waals surface area contributed by atoms with Crippen molar-refractivity contribution < 1.29 is 14.3 Å². The van der Waals surface area contributed by atoms with E-state index in [4.69, 9.17) is 16.3 Å². The molecule has 3 aromatic carbocycles. The van der Waals surface area contributed by atoms with Crippen LogP contribution in [0, 0.1) is 0 Å². The summed E-state index contributed by atoms with van der Waals surface area (Å²) in [6, 6.07) is 21.5. The lowest BCUT2D eigenvalue weighted by molar-refractivity contribution is -0.123. The monoisotopic (exact) mass is 419 g/mol. The van der Waals surface area contributed by atoms with Gasteiger partial charge in [0.25, 0.3) is 5.91 Å². The van der Waals surface area contributed by atoms with Crippen LogP contribution in [0.5, 0.6) is 0 Å². The summed E-state index contributed by atoms with van der Waals surface area (Å²) in [5.41, 5.74) is 3.25. The fourth-order valence-electron chi connectivity index (χ4n) is 2.96. The van der Waals surface area contributed by atoms with Crippen molar-refractivity contribution in [3.05, 3.63) is 83.4 Å². The van der Waals surface area contributed by atoms with Crippen molar-refractivity contribution in [1.82, 2.24) is 9.97 Å². The number of carbonyl (C=O) groups excluding carboxylic acids is 2. The van der Waals surface area contributed by atoms with E-state index in [-0.39, 0.29) is 0 Å². The largest absolute Gasteiger partial charge is 0.449 e. The van der Waals surface area contributed by atoms with Crippen LogP contribution < -0.4 is 5.32 Å². The molecule has 0 fully saturated rings. The minimum Gasteiger partial charge on any atom is -0.449 e. The van der Waals surface area contributed by atoms with Crippen LogP contribution in [0.1, 0.15) is 17.3 Å². The molecule has 0 spiro atoms. The number of fused-ring (bicyclic) bond motifs is 1. The lowest BCUT2D eigenvalue weighted by Gasteiger charge is -2.13. The lowest BCUT2D eigenvalue weighted by Crippen LogP contribution is -2.30. The van der Waals surface area contributed by atoms with E-state index in [0.29, 0.717) is 27.6 Å². The van der Waals surface area contributed by atoms with E-state index < -0.39 is 18.0 Å². The number of nitrogens with one attached hydrogen (secondary N) is 2. The van der Waals surface area contributed by atoms with Gasteiger partial charge in [0.2, 0.25) is 0 Å². The van der Waals surface area contributed by atoms with Crippen LogP contribution in [0.25, 0.3) is 22.4 Å². The third-order valence-corrected chi connectivity index (χ3v) is 4.75. The summed E-state index contributed by atoms with van der Waals surface area (Å²) >= 11 is 5.92. The van der Waals surface area contributed by atoms with Crippen molar-refractivity contribution in [3.8, 4) is 11.4 Å². The molecule has 30 heavy (non-hydrogen) atoms. The maximum absolute atomic E-state index is 12.5. The van der Waals surface area contributed by atoms with Crippen LogP contribution in [0.4, 0.5) is 5.69 Å². The number of aromatic nitrogens is 2. The van der Waals surface area contributed by atoms with E-state index in [0.717, 1.165) is 11.1 Å². The van der Waals surface area contributed by atoms with Crippen LogP contribution in [0.2, 0.25) is 5.02 Å². The van der Waals surface area contributed by atoms with E-state index >= 15 is 0 Å². The van der Waals surface area contributed by atoms with Crippen LogP contribution in [-0.2, 0) is 9.53 Å². The van der Waals surface area contributed by atoms with Gasteiger partial charge in [-0.1, -0.05) is 48.0 Å². The highest BCUT2D eigenvalue weighted by Crippen LogP contribution is 2.22. The molecule has 0 aliphatic carbocycles. The first kappa shape index (κ1) is 19.7. The highest BCUT2D eigenvalue weighted by Gasteiger charge is 2.20. The Morgan fingerprint density at radius 1 is 1.03 bits per heavy atom. The van der Waals surface area contributed by atoms with Gasteiger partial charge in [-0.15, -0.1) is 0 Å². The van der Waals surface area contributed by atoms with Gasteiger partial charge < -0.3 is 15.0 Å². The predicted octanol–water partition coefficient (Wildman–Crippen LogP) is 5.07. The van der Waals surface area contributed by atoms with Gasteiger partial charge in [0, 0.05) is 16.3 Å². The molecule has 0 saturated carbocycles. The molecule has 4 aromatic rings. The number of esters is 1. The average Bonchev–Trinajstić information content (AvgIpc) is 3.17. The third kappa shape index (κ3) is 4.34. The molecule has 150 valence electrons. The summed E-state index contributed by atoms with van der Waals surface area (Å²) in [5, 5.41) is 3.17. The summed E-state index contributed by atoms with van der Waals surface area (Å²) < 4.78 is 5.32. The summed E-state index contributed by atoms with van der Waals surface area (Å²) in [7, 11) is 0. The lowest BCUT2D eigenvalue weighted by atomic mass is 10.2. The normalized spacial score (nSPS) is 11.8. The fourth-order valence-corrected chi connectivity index (χ4v) is 3.15. The van der Waals surface area contributed by atoms with Gasteiger partial charge in [-0.3, -0.25) is 4.79 Å². The second-order valence-corrected chi connectivity index (χ2v) is 7.17. The summed E-state index contributed by atoms with van der Waals surface area (Å²) in [4.78, 5) is 32.6. The number of ether oxygens (including phenoxy) is 1. The fraction of sp³-hybridized carbons (Fsp3) is 0.0870. The smallest absolute Gasteiger partial charge is 0.338 e. The number of carbonyl (C=O) groups is 2. The van der Waals surface area contributed by atoms with Crippen LogP contribution in [-0.4, -0.2) is 27.9 Å². The zero-order chi connectivity index (χ0) is 21.1. The molecule has 1 heterocycles.